The van der Waals surface area contributed by atoms with Gasteiger partial charge in [0.1, 0.15) is 0 Å². The Morgan fingerprint density at radius 1 is 1.56 bits per heavy atom. The van der Waals surface area contributed by atoms with Crippen LogP contribution in [0.3, 0.4) is 0 Å². The SMILES string of the molecule is COCCNCc1cnn(CCCSC)c1. The Labute approximate surface area is 102 Å². The minimum Gasteiger partial charge on any atom is -0.383 e. The van der Waals surface area contributed by atoms with Gasteiger partial charge < -0.3 is 10.1 Å². The predicted octanol–water partition coefficient (Wildman–Crippen LogP) is 1.37. The second-order valence-corrected chi connectivity index (χ2v) is 4.61. The van der Waals surface area contributed by atoms with Crippen LogP contribution in [-0.4, -0.2) is 42.1 Å². The highest BCUT2D eigenvalue weighted by Gasteiger charge is 1.97. The number of rotatable bonds is 9. The van der Waals surface area contributed by atoms with Crippen LogP contribution in [0, 0.1) is 0 Å². The number of ether oxygens (including phenoxy) is 1. The third-order valence-electron chi connectivity index (χ3n) is 2.23. The van der Waals surface area contributed by atoms with Gasteiger partial charge in [0.05, 0.1) is 12.8 Å². The normalized spacial score (nSPS) is 10.9. The summed E-state index contributed by atoms with van der Waals surface area (Å²) in [5, 5.41) is 7.62. The van der Waals surface area contributed by atoms with E-state index in [-0.39, 0.29) is 0 Å². The largest absolute Gasteiger partial charge is 0.383 e. The van der Waals surface area contributed by atoms with Gasteiger partial charge in [-0.2, -0.15) is 16.9 Å². The smallest absolute Gasteiger partial charge is 0.0587 e. The Kier molecular flexibility index (Phi) is 7.29. The maximum absolute atomic E-state index is 4.96. The van der Waals surface area contributed by atoms with Crippen molar-refractivity contribution in [2.45, 2.75) is 19.5 Å². The van der Waals surface area contributed by atoms with Crippen molar-refractivity contribution in [3.63, 3.8) is 0 Å². The maximum Gasteiger partial charge on any atom is 0.0587 e. The van der Waals surface area contributed by atoms with E-state index in [1.807, 2.05) is 22.6 Å². The topological polar surface area (TPSA) is 39.1 Å². The molecule has 5 heteroatoms. The highest BCUT2D eigenvalue weighted by Crippen LogP contribution is 2.01. The summed E-state index contributed by atoms with van der Waals surface area (Å²) < 4.78 is 6.98. The fourth-order valence-electron chi connectivity index (χ4n) is 1.40. The fraction of sp³-hybridized carbons (Fsp3) is 0.727. The first-order chi connectivity index (χ1) is 7.86. The van der Waals surface area contributed by atoms with Crippen LogP contribution in [0.1, 0.15) is 12.0 Å². The Hall–Kier alpha value is -0.520. The number of methoxy groups -OCH3 is 1. The quantitative estimate of drug-likeness (QED) is 0.665. The van der Waals surface area contributed by atoms with Gasteiger partial charge in [0.2, 0.25) is 0 Å². The summed E-state index contributed by atoms with van der Waals surface area (Å²) in [6, 6.07) is 0. The molecule has 0 atom stereocenters. The van der Waals surface area contributed by atoms with Gasteiger partial charge in [0.15, 0.2) is 0 Å². The Bertz CT molecular complexity index is 278. The highest BCUT2D eigenvalue weighted by atomic mass is 32.2. The van der Waals surface area contributed by atoms with Crippen molar-refractivity contribution in [1.82, 2.24) is 15.1 Å². The van der Waals surface area contributed by atoms with Crippen LogP contribution in [-0.2, 0) is 17.8 Å². The molecule has 1 N–H and O–H groups in total. The monoisotopic (exact) mass is 243 g/mol. The molecule has 16 heavy (non-hydrogen) atoms. The molecule has 0 bridgehead atoms. The third kappa shape index (κ3) is 5.53. The van der Waals surface area contributed by atoms with E-state index < -0.39 is 0 Å². The molecule has 0 spiro atoms. The molecule has 92 valence electrons. The standard InChI is InChI=1S/C11H21N3OS/c1-15-6-4-12-8-11-9-13-14(10-11)5-3-7-16-2/h9-10,12H,3-8H2,1-2H3. The fourth-order valence-corrected chi connectivity index (χ4v) is 1.82. The van der Waals surface area contributed by atoms with Crippen LogP contribution in [0.2, 0.25) is 0 Å². The minimum absolute atomic E-state index is 0.752. The van der Waals surface area contributed by atoms with E-state index in [0.29, 0.717) is 0 Å². The lowest BCUT2D eigenvalue weighted by Gasteiger charge is -2.01. The Morgan fingerprint density at radius 3 is 3.19 bits per heavy atom. The molecule has 1 aromatic heterocycles. The van der Waals surface area contributed by atoms with Gasteiger partial charge in [0, 0.05) is 38.5 Å². The van der Waals surface area contributed by atoms with Gasteiger partial charge in [-0.3, -0.25) is 4.68 Å². The summed E-state index contributed by atoms with van der Waals surface area (Å²) in [6.45, 7) is 3.51. The molecule has 0 radical (unpaired) electrons. The van der Waals surface area contributed by atoms with E-state index in [9.17, 15) is 0 Å². The lowest BCUT2D eigenvalue weighted by Crippen LogP contribution is -2.18. The molecule has 0 amide bonds. The van der Waals surface area contributed by atoms with E-state index in [1.54, 1.807) is 7.11 Å². The molecule has 1 aromatic rings. The molecule has 0 aliphatic rings. The van der Waals surface area contributed by atoms with Crippen molar-refractivity contribution in [2.24, 2.45) is 0 Å². The molecular weight excluding hydrogens is 222 g/mol. The van der Waals surface area contributed by atoms with Gasteiger partial charge in [-0.25, -0.2) is 0 Å². The van der Waals surface area contributed by atoms with E-state index in [2.05, 4.69) is 22.9 Å². The van der Waals surface area contributed by atoms with Gasteiger partial charge in [0.25, 0.3) is 0 Å². The number of aromatic nitrogens is 2. The average Bonchev–Trinajstić information content (AvgIpc) is 2.73. The molecule has 0 fully saturated rings. The first-order valence-electron chi connectivity index (χ1n) is 5.56. The summed E-state index contributed by atoms with van der Waals surface area (Å²) in [6.07, 6.45) is 7.35. The van der Waals surface area contributed by atoms with Crippen LogP contribution >= 0.6 is 11.8 Å². The van der Waals surface area contributed by atoms with Crippen molar-refractivity contribution in [3.8, 4) is 0 Å². The summed E-state index contributed by atoms with van der Waals surface area (Å²) in [5.74, 6) is 1.20. The van der Waals surface area contributed by atoms with Crippen molar-refractivity contribution in [1.29, 1.82) is 0 Å². The third-order valence-corrected chi connectivity index (χ3v) is 2.93. The van der Waals surface area contributed by atoms with E-state index in [0.717, 1.165) is 26.2 Å². The number of thioether (sulfide) groups is 1. The van der Waals surface area contributed by atoms with E-state index in [4.69, 9.17) is 4.74 Å². The lowest BCUT2D eigenvalue weighted by molar-refractivity contribution is 0.199. The van der Waals surface area contributed by atoms with E-state index in [1.165, 1.54) is 17.7 Å². The van der Waals surface area contributed by atoms with Crippen LogP contribution in [0.5, 0.6) is 0 Å². The minimum atomic E-state index is 0.752. The zero-order valence-corrected chi connectivity index (χ0v) is 10.9. The first-order valence-corrected chi connectivity index (χ1v) is 6.96. The van der Waals surface area contributed by atoms with Gasteiger partial charge >= 0.3 is 0 Å². The molecule has 0 saturated carbocycles. The van der Waals surface area contributed by atoms with Crippen molar-refractivity contribution >= 4 is 11.8 Å². The molecular formula is C11H21N3OS. The van der Waals surface area contributed by atoms with Gasteiger partial charge in [-0.1, -0.05) is 0 Å². The van der Waals surface area contributed by atoms with Crippen molar-refractivity contribution < 1.29 is 4.74 Å². The van der Waals surface area contributed by atoms with Gasteiger partial charge in [-0.15, -0.1) is 0 Å². The second-order valence-electron chi connectivity index (χ2n) is 3.63. The number of hydrogen-bond acceptors (Lipinski definition) is 4. The average molecular weight is 243 g/mol. The molecule has 0 unspecified atom stereocenters. The van der Waals surface area contributed by atoms with Crippen molar-refractivity contribution in [2.75, 3.05) is 32.3 Å². The molecule has 1 heterocycles. The highest BCUT2D eigenvalue weighted by molar-refractivity contribution is 7.98. The van der Waals surface area contributed by atoms with Crippen molar-refractivity contribution in [3.05, 3.63) is 18.0 Å². The predicted molar refractivity (Wildman–Crippen MR) is 68.8 cm³/mol. The summed E-state index contributed by atoms with van der Waals surface area (Å²) in [5.41, 5.74) is 1.24. The molecule has 4 nitrogen and oxygen atoms in total. The summed E-state index contributed by atoms with van der Waals surface area (Å²) in [7, 11) is 1.71. The van der Waals surface area contributed by atoms with Crippen LogP contribution in [0.4, 0.5) is 0 Å². The molecule has 0 aromatic carbocycles. The molecule has 1 rings (SSSR count). The number of aryl methyl sites for hydroxylation is 1. The summed E-state index contributed by atoms with van der Waals surface area (Å²) in [4.78, 5) is 0. The lowest BCUT2D eigenvalue weighted by atomic mass is 10.3. The van der Waals surface area contributed by atoms with Crippen LogP contribution in [0.15, 0.2) is 12.4 Å². The zero-order valence-electron chi connectivity index (χ0n) is 10.1. The Morgan fingerprint density at radius 2 is 2.44 bits per heavy atom. The van der Waals surface area contributed by atoms with E-state index >= 15 is 0 Å². The summed E-state index contributed by atoms with van der Waals surface area (Å²) >= 11 is 1.88. The zero-order chi connectivity index (χ0) is 11.6. The second kappa shape index (κ2) is 8.61. The molecule has 0 saturated heterocycles. The first kappa shape index (κ1) is 13.5. The molecule has 0 aliphatic carbocycles. The number of nitrogens with zero attached hydrogens (tertiary/aromatic N) is 2. The maximum atomic E-state index is 4.96. The van der Waals surface area contributed by atoms with Gasteiger partial charge in [-0.05, 0) is 18.4 Å². The van der Waals surface area contributed by atoms with Crippen LogP contribution < -0.4 is 5.32 Å². The number of nitrogens with one attached hydrogen (secondary N) is 1. The number of hydrogen-bond donors (Lipinski definition) is 1. The Balaban J connectivity index is 2.17. The van der Waals surface area contributed by atoms with Crippen LogP contribution in [0.25, 0.3) is 0 Å². The molecule has 0 aliphatic heterocycles.